The fourth-order valence-electron chi connectivity index (χ4n) is 2.16. The van der Waals surface area contributed by atoms with Crippen LogP contribution in [0.25, 0.3) is 11.0 Å². The molecule has 0 aliphatic heterocycles. The van der Waals surface area contributed by atoms with Crippen molar-refractivity contribution in [1.82, 2.24) is 0 Å². The van der Waals surface area contributed by atoms with Gasteiger partial charge < -0.3 is 4.42 Å². The van der Waals surface area contributed by atoms with E-state index >= 15 is 0 Å². The molecule has 2 aromatic carbocycles. The number of hydrogen-bond donors (Lipinski definition) is 1. The molecule has 0 bridgehead atoms. The summed E-state index contributed by atoms with van der Waals surface area (Å²) in [5.41, 5.74) is -0.205. The first-order valence-corrected chi connectivity index (χ1v) is 8.14. The minimum atomic E-state index is -4.16. The van der Waals surface area contributed by atoms with Gasteiger partial charge in [0.2, 0.25) is 0 Å². The Kier molecular flexibility index (Phi) is 3.79. The standard InChI is InChI=1S/C16H9FN2O4S/c17-12-3-1-11(9-18)15(8-12)24(21,22)19-13-4-5-14-10(7-13)2-6-16(20)23-14/h1-8,19H. The summed E-state index contributed by atoms with van der Waals surface area (Å²) >= 11 is 0. The molecule has 0 spiro atoms. The molecule has 3 aromatic rings. The highest BCUT2D eigenvalue weighted by Crippen LogP contribution is 2.23. The molecule has 0 fully saturated rings. The van der Waals surface area contributed by atoms with E-state index in [0.29, 0.717) is 11.0 Å². The van der Waals surface area contributed by atoms with Crippen molar-refractivity contribution in [3.63, 3.8) is 0 Å². The average molecular weight is 344 g/mol. The van der Waals surface area contributed by atoms with E-state index in [4.69, 9.17) is 9.68 Å². The minimum Gasteiger partial charge on any atom is -0.423 e. The number of anilines is 1. The number of nitrogens with one attached hydrogen (secondary N) is 1. The van der Waals surface area contributed by atoms with Gasteiger partial charge in [-0.25, -0.2) is 17.6 Å². The highest BCUT2D eigenvalue weighted by Gasteiger charge is 2.20. The zero-order chi connectivity index (χ0) is 17.3. The van der Waals surface area contributed by atoms with Crippen LogP contribution in [-0.4, -0.2) is 8.42 Å². The fourth-order valence-corrected chi connectivity index (χ4v) is 3.37. The number of rotatable bonds is 3. The first-order valence-electron chi connectivity index (χ1n) is 6.65. The minimum absolute atomic E-state index is 0.171. The molecule has 3 rings (SSSR count). The summed E-state index contributed by atoms with van der Waals surface area (Å²) in [5, 5.41) is 9.51. The molecule has 0 unspecified atom stereocenters. The van der Waals surface area contributed by atoms with Crippen LogP contribution in [0.4, 0.5) is 10.1 Å². The third-order valence-electron chi connectivity index (χ3n) is 3.23. The van der Waals surface area contributed by atoms with E-state index in [-0.39, 0.29) is 11.3 Å². The lowest BCUT2D eigenvalue weighted by Crippen LogP contribution is -2.14. The van der Waals surface area contributed by atoms with Crippen molar-refractivity contribution in [2.45, 2.75) is 4.90 Å². The van der Waals surface area contributed by atoms with Crippen LogP contribution in [0.5, 0.6) is 0 Å². The summed E-state index contributed by atoms with van der Waals surface area (Å²) in [6, 6.07) is 11.6. The number of nitrogens with zero attached hydrogens (tertiary/aromatic N) is 1. The number of benzene rings is 2. The summed E-state index contributed by atoms with van der Waals surface area (Å²) in [6.07, 6.45) is 0. The number of fused-ring (bicyclic) bond motifs is 1. The highest BCUT2D eigenvalue weighted by atomic mass is 32.2. The predicted octanol–water partition coefficient (Wildman–Crippen LogP) is 2.60. The lowest BCUT2D eigenvalue weighted by Gasteiger charge is -2.10. The lowest BCUT2D eigenvalue weighted by atomic mass is 10.2. The molecule has 0 saturated carbocycles. The van der Waals surface area contributed by atoms with Crippen molar-refractivity contribution in [3.05, 3.63) is 70.3 Å². The number of halogens is 1. The Morgan fingerprint density at radius 2 is 1.88 bits per heavy atom. The van der Waals surface area contributed by atoms with Crippen molar-refractivity contribution in [3.8, 4) is 6.07 Å². The maximum atomic E-state index is 13.4. The topological polar surface area (TPSA) is 100 Å². The second kappa shape index (κ2) is 5.79. The summed E-state index contributed by atoms with van der Waals surface area (Å²) in [5.74, 6) is -0.769. The normalized spacial score (nSPS) is 11.2. The van der Waals surface area contributed by atoms with Crippen molar-refractivity contribution in [1.29, 1.82) is 5.26 Å². The second-order valence-corrected chi connectivity index (χ2v) is 6.52. The average Bonchev–Trinajstić information content (AvgIpc) is 2.54. The number of nitriles is 1. The van der Waals surface area contributed by atoms with Crippen LogP contribution in [0.15, 0.2) is 62.6 Å². The summed E-state index contributed by atoms with van der Waals surface area (Å²) in [4.78, 5) is 10.7. The van der Waals surface area contributed by atoms with Crippen LogP contribution >= 0.6 is 0 Å². The molecule has 0 saturated heterocycles. The largest absolute Gasteiger partial charge is 0.423 e. The van der Waals surface area contributed by atoms with Crippen LogP contribution in [0.3, 0.4) is 0 Å². The van der Waals surface area contributed by atoms with E-state index in [1.165, 1.54) is 30.3 Å². The van der Waals surface area contributed by atoms with E-state index in [0.717, 1.165) is 18.2 Å². The second-order valence-electron chi connectivity index (χ2n) is 4.86. The number of sulfonamides is 1. The van der Waals surface area contributed by atoms with Crippen LogP contribution < -0.4 is 10.3 Å². The first kappa shape index (κ1) is 15.7. The van der Waals surface area contributed by atoms with E-state index in [1.807, 2.05) is 0 Å². The molecule has 0 aliphatic rings. The van der Waals surface area contributed by atoms with Gasteiger partial charge in [-0.1, -0.05) is 0 Å². The van der Waals surface area contributed by atoms with E-state index in [2.05, 4.69) is 4.72 Å². The van der Waals surface area contributed by atoms with Crippen molar-refractivity contribution in [2.24, 2.45) is 0 Å². The Balaban J connectivity index is 2.04. The molecular formula is C16H9FN2O4S. The Morgan fingerprint density at radius 3 is 2.62 bits per heavy atom. The molecule has 8 heteroatoms. The maximum Gasteiger partial charge on any atom is 0.336 e. The smallest absolute Gasteiger partial charge is 0.336 e. The van der Waals surface area contributed by atoms with Crippen molar-refractivity contribution < 1.29 is 17.2 Å². The van der Waals surface area contributed by atoms with Gasteiger partial charge in [-0.15, -0.1) is 0 Å². The third-order valence-corrected chi connectivity index (χ3v) is 4.65. The van der Waals surface area contributed by atoms with E-state index < -0.39 is 26.4 Å². The maximum absolute atomic E-state index is 13.4. The van der Waals surface area contributed by atoms with Gasteiger partial charge in [0.05, 0.1) is 5.56 Å². The van der Waals surface area contributed by atoms with Crippen molar-refractivity contribution in [2.75, 3.05) is 4.72 Å². The molecule has 6 nitrogen and oxygen atoms in total. The zero-order valence-electron chi connectivity index (χ0n) is 12.0. The van der Waals surface area contributed by atoms with Crippen LogP contribution in [-0.2, 0) is 10.0 Å². The molecule has 1 aromatic heterocycles. The lowest BCUT2D eigenvalue weighted by molar-refractivity contribution is 0.561. The van der Waals surface area contributed by atoms with Gasteiger partial charge in [-0.3, -0.25) is 4.72 Å². The third kappa shape index (κ3) is 2.98. The molecular weight excluding hydrogens is 335 g/mol. The number of hydrogen-bond acceptors (Lipinski definition) is 5. The molecule has 0 aliphatic carbocycles. The first-order chi connectivity index (χ1) is 11.4. The van der Waals surface area contributed by atoms with E-state index in [1.54, 1.807) is 6.07 Å². The predicted molar refractivity (Wildman–Crippen MR) is 84.4 cm³/mol. The summed E-state index contributed by atoms with van der Waals surface area (Å²) in [6.45, 7) is 0. The quantitative estimate of drug-likeness (QED) is 0.736. The Labute approximate surface area is 135 Å². The molecule has 0 amide bonds. The van der Waals surface area contributed by atoms with Gasteiger partial charge in [-0.2, -0.15) is 5.26 Å². The Bertz CT molecular complexity index is 1150. The fraction of sp³-hybridized carbons (Fsp3) is 0. The van der Waals surface area contributed by atoms with Gasteiger partial charge in [0.15, 0.2) is 0 Å². The van der Waals surface area contributed by atoms with Crippen molar-refractivity contribution >= 4 is 26.7 Å². The van der Waals surface area contributed by atoms with Gasteiger partial charge in [0.1, 0.15) is 22.4 Å². The summed E-state index contributed by atoms with van der Waals surface area (Å²) in [7, 11) is -4.16. The Morgan fingerprint density at radius 1 is 1.08 bits per heavy atom. The monoisotopic (exact) mass is 344 g/mol. The SMILES string of the molecule is N#Cc1ccc(F)cc1S(=O)(=O)Nc1ccc2oc(=O)ccc2c1. The molecule has 1 N–H and O–H groups in total. The van der Waals surface area contributed by atoms with Gasteiger partial charge >= 0.3 is 5.63 Å². The molecule has 120 valence electrons. The van der Waals surface area contributed by atoms with E-state index in [9.17, 15) is 17.6 Å². The molecule has 24 heavy (non-hydrogen) atoms. The van der Waals surface area contributed by atoms with Crippen LogP contribution in [0.2, 0.25) is 0 Å². The van der Waals surface area contributed by atoms with Gasteiger partial charge in [0, 0.05) is 17.1 Å². The van der Waals surface area contributed by atoms with Crippen LogP contribution in [0, 0.1) is 17.1 Å². The van der Waals surface area contributed by atoms with Crippen LogP contribution in [0.1, 0.15) is 5.56 Å². The van der Waals surface area contributed by atoms with Gasteiger partial charge in [0.25, 0.3) is 10.0 Å². The van der Waals surface area contributed by atoms with Gasteiger partial charge in [-0.05, 0) is 42.5 Å². The highest BCUT2D eigenvalue weighted by molar-refractivity contribution is 7.92. The Hall–Kier alpha value is -3.18. The molecule has 0 radical (unpaired) electrons. The zero-order valence-corrected chi connectivity index (χ0v) is 12.8. The molecule has 0 atom stereocenters. The molecule has 1 heterocycles. The summed E-state index contributed by atoms with van der Waals surface area (Å²) < 4.78 is 45.4.